The molecule has 0 unspecified atom stereocenters. The van der Waals surface area contributed by atoms with E-state index in [1.165, 1.54) is 12.1 Å². The van der Waals surface area contributed by atoms with Crippen LogP contribution in [0.4, 0.5) is 26.3 Å². The van der Waals surface area contributed by atoms with E-state index in [9.17, 15) is 31.6 Å². The van der Waals surface area contributed by atoms with E-state index in [1.807, 2.05) is 42.6 Å². The Labute approximate surface area is 220 Å². The summed E-state index contributed by atoms with van der Waals surface area (Å²) in [6.45, 7) is 7.35. The Balaban J connectivity index is 1.70. The molecule has 0 atom stereocenters. The summed E-state index contributed by atoms with van der Waals surface area (Å²) in [6.07, 6.45) is -8.15. The van der Waals surface area contributed by atoms with Gasteiger partial charge in [0.2, 0.25) is 6.19 Å². The number of alkyl halides is 6. The van der Waals surface area contributed by atoms with Crippen LogP contribution in [-0.4, -0.2) is 0 Å². The Morgan fingerprint density at radius 2 is 1.15 bits per heavy atom. The summed E-state index contributed by atoms with van der Waals surface area (Å²) in [4.78, 5) is 7.18. The summed E-state index contributed by atoms with van der Waals surface area (Å²) in [6, 6.07) is 16.9. The smallest absolute Gasteiger partial charge is 0.181 e. The summed E-state index contributed by atoms with van der Waals surface area (Å²) in [7, 11) is 0. The van der Waals surface area contributed by atoms with Gasteiger partial charge in [0.05, 0.1) is 21.6 Å². The molecule has 0 saturated heterocycles. The van der Waals surface area contributed by atoms with Crippen LogP contribution in [0.1, 0.15) is 11.1 Å². The van der Waals surface area contributed by atoms with Crippen LogP contribution in [0.3, 0.4) is 0 Å². The number of rotatable bonds is 1. The minimum Gasteiger partial charge on any atom is -0.181 e. The van der Waals surface area contributed by atoms with Crippen molar-refractivity contribution in [2.45, 2.75) is 12.4 Å². The van der Waals surface area contributed by atoms with Gasteiger partial charge in [-0.15, -0.1) is 4.95 Å². The topological polar surface area (TPSA) is 52.9 Å². The van der Waals surface area contributed by atoms with Crippen molar-refractivity contribution in [3.05, 3.63) is 106 Å². The van der Waals surface area contributed by atoms with Gasteiger partial charge in [-0.05, 0) is 69.1 Å². The first-order valence-electron chi connectivity index (χ1n) is 11.7. The molecule has 0 amide bonds. The molecular weight excluding hydrogens is 530 g/mol. The minimum atomic E-state index is -4.99. The molecule has 40 heavy (non-hydrogen) atoms. The summed E-state index contributed by atoms with van der Waals surface area (Å²) in [5.41, 5.74) is -3.01. The van der Waals surface area contributed by atoms with Gasteiger partial charge in [-0.25, -0.2) is 0 Å². The quantitative estimate of drug-likeness (QED) is 0.0899. The Kier molecular flexibility index (Phi) is 5.42. The molecule has 6 aromatic rings. The number of nitrogens with zero attached hydrogens (tertiary/aromatic N) is 4. The second-order valence-electron chi connectivity index (χ2n) is 9.15. The largest absolute Gasteiger partial charge is 0.416 e. The highest BCUT2D eigenvalue weighted by Gasteiger charge is 2.37. The molecule has 0 bridgehead atoms. The van der Waals surface area contributed by atoms with Gasteiger partial charge in [-0.1, -0.05) is 36.4 Å². The Hall–Kier alpha value is -5.22. The molecule has 0 fully saturated rings. The van der Waals surface area contributed by atoms with Crippen LogP contribution in [0.15, 0.2) is 82.9 Å². The van der Waals surface area contributed by atoms with Gasteiger partial charge in [-0.3, -0.25) is 0 Å². The second-order valence-corrected chi connectivity index (χ2v) is 9.15. The number of fused-ring (bicyclic) bond motifs is 6. The van der Waals surface area contributed by atoms with Crippen molar-refractivity contribution in [2.75, 3.05) is 0 Å². The maximum absolute atomic E-state index is 13.5. The van der Waals surface area contributed by atoms with Gasteiger partial charge in [0, 0.05) is 21.5 Å². The Morgan fingerprint density at radius 3 is 1.73 bits per heavy atom. The number of benzene rings is 4. The third kappa shape index (κ3) is 3.85. The van der Waals surface area contributed by atoms with Gasteiger partial charge in [0.1, 0.15) is 0 Å². The van der Waals surface area contributed by atoms with Crippen molar-refractivity contribution in [3.8, 4) is 17.3 Å². The van der Waals surface area contributed by atoms with Crippen LogP contribution < -0.4 is 10.7 Å². The third-order valence-electron chi connectivity index (χ3n) is 6.94. The van der Waals surface area contributed by atoms with Crippen LogP contribution in [-0.2, 0) is 12.4 Å². The molecular formula is C30H12F6N4. The lowest BCUT2D eigenvalue weighted by molar-refractivity contribution is -0.143. The van der Waals surface area contributed by atoms with Crippen molar-refractivity contribution in [1.82, 2.24) is 0 Å². The average Bonchev–Trinajstić information content (AvgIpc) is 3.38. The second kappa shape index (κ2) is 8.65. The zero-order valence-electron chi connectivity index (χ0n) is 20.0. The molecule has 0 N–H and O–H groups in total. The fraction of sp³-hybridized carbons (Fsp3) is 0.0667. The highest BCUT2D eigenvalue weighted by atomic mass is 19.4. The molecule has 0 aliphatic heterocycles. The van der Waals surface area contributed by atoms with Crippen LogP contribution in [0.25, 0.3) is 59.2 Å². The number of hydrogen-bond acceptors (Lipinski definition) is 3. The lowest BCUT2D eigenvalue weighted by Crippen LogP contribution is -2.11. The Morgan fingerprint density at radius 1 is 0.600 bits per heavy atom. The van der Waals surface area contributed by atoms with Crippen molar-refractivity contribution >= 4 is 43.1 Å². The monoisotopic (exact) mass is 542 g/mol. The van der Waals surface area contributed by atoms with Gasteiger partial charge >= 0.3 is 12.4 Å². The van der Waals surface area contributed by atoms with E-state index in [0.29, 0.717) is 44.4 Å². The third-order valence-corrected chi connectivity index (χ3v) is 6.94. The maximum Gasteiger partial charge on any atom is 0.416 e. The number of hydrogen-bond donors (Lipinski definition) is 0. The van der Waals surface area contributed by atoms with Gasteiger partial charge < -0.3 is 0 Å². The molecule has 0 radical (unpaired) electrons. The zero-order valence-corrected chi connectivity index (χ0v) is 20.0. The van der Waals surface area contributed by atoms with E-state index < -0.39 is 23.5 Å². The maximum atomic E-state index is 13.5. The van der Waals surface area contributed by atoms with E-state index in [4.69, 9.17) is 6.57 Å². The zero-order chi connectivity index (χ0) is 28.4. The highest BCUT2D eigenvalue weighted by Crippen LogP contribution is 2.40. The molecule has 4 nitrogen and oxygen atoms in total. The fourth-order valence-corrected chi connectivity index (χ4v) is 5.26. The van der Waals surface area contributed by atoms with Gasteiger partial charge in [0.25, 0.3) is 0 Å². The van der Waals surface area contributed by atoms with Crippen LogP contribution in [0.2, 0.25) is 0 Å². The molecule has 0 spiro atoms. The summed E-state index contributed by atoms with van der Waals surface area (Å²) < 4.78 is 80.8. The first-order valence-corrected chi connectivity index (χ1v) is 11.7. The summed E-state index contributed by atoms with van der Waals surface area (Å²) in [5.74, 6) is 0. The van der Waals surface area contributed by atoms with Crippen LogP contribution in [0.5, 0.6) is 0 Å². The first-order chi connectivity index (χ1) is 19.0. The summed E-state index contributed by atoms with van der Waals surface area (Å²) >= 11 is 0. The first kappa shape index (κ1) is 25.1. The standard InChI is InChI=1S/C30H12F6N4/c1-38-40-28-24-10-15(16-8-17(29(31,32)33)11-18(9-16)30(34,35)36)6-7-20(24)23-12-25-22(13-26(23)28)19-4-2-3-5-21(19)27(25)39-14-37/h2-13H/b39-27?,40-28+. The van der Waals surface area contributed by atoms with E-state index in [1.54, 1.807) is 6.07 Å². The molecule has 6 rings (SSSR count). The molecule has 0 aliphatic carbocycles. The molecule has 0 aliphatic rings. The molecule has 0 aromatic heterocycles. The van der Waals surface area contributed by atoms with Gasteiger partial charge in [0.15, 0.2) is 5.36 Å². The van der Waals surface area contributed by atoms with Crippen molar-refractivity contribution in [2.24, 2.45) is 10.1 Å². The minimum absolute atomic E-state index is 0.0817. The average molecular weight is 542 g/mol. The molecule has 10 heteroatoms. The predicted molar refractivity (Wildman–Crippen MR) is 138 cm³/mol. The molecule has 0 heterocycles. The molecule has 0 saturated carbocycles. The molecule has 194 valence electrons. The lowest BCUT2D eigenvalue weighted by Gasteiger charge is -2.14. The van der Waals surface area contributed by atoms with Crippen molar-refractivity contribution < 1.29 is 26.3 Å². The van der Waals surface area contributed by atoms with Crippen molar-refractivity contribution in [1.29, 1.82) is 5.26 Å². The fourth-order valence-electron chi connectivity index (χ4n) is 5.26. The lowest BCUT2D eigenvalue weighted by atomic mass is 9.97. The summed E-state index contributed by atoms with van der Waals surface area (Å²) in [5, 5.41) is 19.2. The molecule has 6 aromatic carbocycles. The van der Waals surface area contributed by atoms with E-state index in [-0.39, 0.29) is 22.6 Å². The highest BCUT2D eigenvalue weighted by molar-refractivity contribution is 6.21. The van der Waals surface area contributed by atoms with Crippen LogP contribution in [0, 0.1) is 18.0 Å². The van der Waals surface area contributed by atoms with Crippen molar-refractivity contribution in [3.63, 3.8) is 0 Å². The van der Waals surface area contributed by atoms with E-state index >= 15 is 0 Å². The normalized spacial score (nSPS) is 13.5. The Bertz CT molecular complexity index is 2190. The predicted octanol–water partition coefficient (Wildman–Crippen LogP) is 8.00. The number of nitriles is 1. The van der Waals surface area contributed by atoms with E-state index in [2.05, 4.69) is 15.0 Å². The SMILES string of the molecule is [C-]#[N+]/N=c1\c2cc(-c3cc(C(F)(F)F)cc(C(F)(F)F)c3)ccc2c2cc3c(=NC#N)c4ccccc4c3cc12. The van der Waals surface area contributed by atoms with Crippen LogP contribution >= 0.6 is 0 Å². The van der Waals surface area contributed by atoms with E-state index in [0.717, 1.165) is 16.2 Å². The number of halogens is 6. The van der Waals surface area contributed by atoms with Gasteiger partial charge in [-0.2, -0.15) is 43.2 Å².